The number of hydrogen-bond donors (Lipinski definition) is 1. The number of nitrogens with two attached hydrogens (primary N) is 1. The Morgan fingerprint density at radius 2 is 2.21 bits per heavy atom. The smallest absolute Gasteiger partial charge is 0.177 e. The summed E-state index contributed by atoms with van der Waals surface area (Å²) in [5.74, 6) is 0.289. The molecule has 0 aliphatic rings. The lowest BCUT2D eigenvalue weighted by molar-refractivity contribution is 0.0896. The van der Waals surface area contributed by atoms with E-state index in [0.717, 1.165) is 0 Å². The van der Waals surface area contributed by atoms with Crippen LogP contribution in [0.5, 0.6) is 0 Å². The molecule has 1 unspecified atom stereocenters. The minimum Gasteiger partial charge on any atom is -0.330 e. The van der Waals surface area contributed by atoms with Gasteiger partial charge in [0.2, 0.25) is 0 Å². The molecule has 0 saturated carbocycles. The van der Waals surface area contributed by atoms with Crippen LogP contribution in [0.15, 0.2) is 12.1 Å². The van der Waals surface area contributed by atoms with E-state index in [1.54, 1.807) is 12.1 Å². The van der Waals surface area contributed by atoms with E-state index in [1.165, 1.54) is 11.3 Å². The molecule has 0 saturated heterocycles. The van der Waals surface area contributed by atoms with Gasteiger partial charge >= 0.3 is 0 Å². The molecule has 0 bridgehead atoms. The number of carbonyl (C=O) groups excluding carboxylic acids is 1. The highest BCUT2D eigenvalue weighted by Crippen LogP contribution is 2.25. The third-order valence-electron chi connectivity index (χ3n) is 2.21. The molecular formula is C10H14ClNOS. The van der Waals surface area contributed by atoms with Crippen molar-refractivity contribution >= 4 is 28.7 Å². The first-order valence-electron chi connectivity index (χ1n) is 4.56. The average molecular weight is 232 g/mol. The number of thiophene rings is 1. The summed E-state index contributed by atoms with van der Waals surface area (Å²) in [6.07, 6.45) is 0. The van der Waals surface area contributed by atoms with Crippen LogP contribution in [0.1, 0.15) is 23.5 Å². The van der Waals surface area contributed by atoms with Crippen molar-refractivity contribution in [2.45, 2.75) is 13.8 Å². The first-order valence-corrected chi connectivity index (χ1v) is 5.75. The largest absolute Gasteiger partial charge is 0.330 e. The van der Waals surface area contributed by atoms with Crippen molar-refractivity contribution < 1.29 is 4.79 Å². The van der Waals surface area contributed by atoms with Crippen molar-refractivity contribution in [1.29, 1.82) is 0 Å². The highest BCUT2D eigenvalue weighted by atomic mass is 35.5. The Hall–Kier alpha value is -0.380. The van der Waals surface area contributed by atoms with Crippen molar-refractivity contribution in [3.63, 3.8) is 0 Å². The summed E-state index contributed by atoms with van der Waals surface area (Å²) in [5.41, 5.74) is 5.57. The molecular weight excluding hydrogens is 218 g/mol. The zero-order valence-electron chi connectivity index (χ0n) is 8.29. The van der Waals surface area contributed by atoms with E-state index in [9.17, 15) is 4.79 Å². The molecule has 0 aliphatic heterocycles. The Bertz CT molecular complexity index is 322. The van der Waals surface area contributed by atoms with Gasteiger partial charge in [0.15, 0.2) is 5.78 Å². The van der Waals surface area contributed by atoms with E-state index in [2.05, 4.69) is 0 Å². The van der Waals surface area contributed by atoms with E-state index in [4.69, 9.17) is 17.3 Å². The molecule has 78 valence electrons. The lowest BCUT2D eigenvalue weighted by atomic mass is 9.91. The van der Waals surface area contributed by atoms with Crippen molar-refractivity contribution in [1.82, 2.24) is 0 Å². The van der Waals surface area contributed by atoms with Gasteiger partial charge in [-0.05, 0) is 18.1 Å². The molecule has 1 heterocycles. The van der Waals surface area contributed by atoms with Crippen LogP contribution in [0.25, 0.3) is 0 Å². The summed E-state index contributed by atoms with van der Waals surface area (Å²) in [6.45, 7) is 4.40. The van der Waals surface area contributed by atoms with Gasteiger partial charge in [-0.2, -0.15) is 0 Å². The van der Waals surface area contributed by atoms with E-state index in [0.29, 0.717) is 15.8 Å². The molecule has 1 aromatic rings. The van der Waals surface area contributed by atoms with E-state index < -0.39 is 0 Å². The molecule has 14 heavy (non-hydrogen) atoms. The minimum absolute atomic E-state index is 0.0929. The van der Waals surface area contributed by atoms with Gasteiger partial charge in [0.1, 0.15) is 0 Å². The Kier molecular flexibility index (Phi) is 4.11. The average Bonchev–Trinajstić information content (AvgIpc) is 2.52. The molecule has 0 amide bonds. The normalized spacial score (nSPS) is 13.2. The van der Waals surface area contributed by atoms with Gasteiger partial charge in [-0.1, -0.05) is 25.4 Å². The fraction of sp³-hybridized carbons (Fsp3) is 0.500. The van der Waals surface area contributed by atoms with E-state index in [1.807, 2.05) is 13.8 Å². The monoisotopic (exact) mass is 231 g/mol. The minimum atomic E-state index is -0.0929. The van der Waals surface area contributed by atoms with Crippen LogP contribution >= 0.6 is 22.9 Å². The van der Waals surface area contributed by atoms with Crippen LogP contribution in [0.4, 0.5) is 0 Å². The van der Waals surface area contributed by atoms with Crippen molar-refractivity contribution in [2.24, 2.45) is 17.6 Å². The van der Waals surface area contributed by atoms with Gasteiger partial charge in [0.05, 0.1) is 9.21 Å². The molecule has 0 fully saturated rings. The van der Waals surface area contributed by atoms with Crippen LogP contribution in [0.3, 0.4) is 0 Å². The number of hydrogen-bond acceptors (Lipinski definition) is 3. The predicted molar refractivity (Wildman–Crippen MR) is 61.0 cm³/mol. The quantitative estimate of drug-likeness (QED) is 0.810. The fourth-order valence-electron chi connectivity index (χ4n) is 1.31. The Morgan fingerprint density at radius 3 is 2.57 bits per heavy atom. The van der Waals surface area contributed by atoms with E-state index >= 15 is 0 Å². The number of carbonyl (C=O) groups is 1. The second-order valence-electron chi connectivity index (χ2n) is 3.55. The van der Waals surface area contributed by atoms with Gasteiger partial charge in [-0.3, -0.25) is 4.79 Å². The predicted octanol–water partition coefficient (Wildman–Crippen LogP) is 2.82. The summed E-state index contributed by atoms with van der Waals surface area (Å²) in [7, 11) is 0. The first-order chi connectivity index (χ1) is 6.56. The number of ketones is 1. The lowest BCUT2D eigenvalue weighted by Gasteiger charge is -2.15. The zero-order valence-corrected chi connectivity index (χ0v) is 9.86. The standard InChI is InChI=1S/C10H14ClNOS/c1-6(2)7(5-12)10(13)8-3-4-9(11)14-8/h3-4,6-7H,5,12H2,1-2H3. The van der Waals surface area contributed by atoms with Gasteiger partial charge in [0.25, 0.3) is 0 Å². The molecule has 4 heteroatoms. The van der Waals surface area contributed by atoms with Crippen LogP contribution < -0.4 is 5.73 Å². The summed E-state index contributed by atoms with van der Waals surface area (Å²) in [5, 5.41) is 0. The molecule has 0 aromatic carbocycles. The highest BCUT2D eigenvalue weighted by molar-refractivity contribution is 7.18. The fourth-order valence-corrected chi connectivity index (χ4v) is 2.36. The van der Waals surface area contributed by atoms with Gasteiger partial charge in [-0.25, -0.2) is 0 Å². The molecule has 2 N–H and O–H groups in total. The lowest BCUT2D eigenvalue weighted by Crippen LogP contribution is -2.27. The molecule has 0 aliphatic carbocycles. The van der Waals surface area contributed by atoms with Crippen molar-refractivity contribution in [3.05, 3.63) is 21.3 Å². The molecule has 1 aromatic heterocycles. The zero-order chi connectivity index (χ0) is 10.7. The summed E-state index contributed by atoms with van der Waals surface area (Å²) < 4.78 is 0.646. The van der Waals surface area contributed by atoms with Crippen LogP contribution in [-0.4, -0.2) is 12.3 Å². The van der Waals surface area contributed by atoms with Crippen LogP contribution in [0.2, 0.25) is 4.34 Å². The van der Waals surface area contributed by atoms with Crippen LogP contribution in [0, 0.1) is 11.8 Å². The topological polar surface area (TPSA) is 43.1 Å². The van der Waals surface area contributed by atoms with Crippen molar-refractivity contribution in [2.75, 3.05) is 6.54 Å². The number of halogens is 1. The molecule has 0 spiro atoms. The highest BCUT2D eigenvalue weighted by Gasteiger charge is 2.22. The summed E-state index contributed by atoms with van der Waals surface area (Å²) in [4.78, 5) is 12.6. The maximum absolute atomic E-state index is 11.9. The third-order valence-corrected chi connectivity index (χ3v) is 3.46. The Labute approximate surface area is 93.1 Å². The molecule has 1 atom stereocenters. The molecule has 2 nitrogen and oxygen atoms in total. The second kappa shape index (κ2) is 4.91. The summed E-state index contributed by atoms with van der Waals surface area (Å²) >= 11 is 7.08. The summed E-state index contributed by atoms with van der Waals surface area (Å²) in [6, 6.07) is 3.51. The van der Waals surface area contributed by atoms with Crippen LogP contribution in [-0.2, 0) is 0 Å². The molecule has 0 radical (unpaired) electrons. The van der Waals surface area contributed by atoms with Gasteiger partial charge in [0, 0.05) is 12.5 Å². The Balaban J connectivity index is 2.83. The van der Waals surface area contributed by atoms with Crippen molar-refractivity contribution in [3.8, 4) is 0 Å². The first kappa shape index (κ1) is 11.7. The SMILES string of the molecule is CC(C)C(CN)C(=O)c1ccc(Cl)s1. The maximum Gasteiger partial charge on any atom is 0.177 e. The van der Waals surface area contributed by atoms with E-state index in [-0.39, 0.29) is 17.6 Å². The second-order valence-corrected chi connectivity index (χ2v) is 5.27. The Morgan fingerprint density at radius 1 is 1.57 bits per heavy atom. The number of rotatable bonds is 4. The van der Waals surface area contributed by atoms with Gasteiger partial charge in [-0.15, -0.1) is 11.3 Å². The third kappa shape index (κ3) is 2.56. The number of Topliss-reactive ketones (excluding diaryl/α,β-unsaturated/α-hetero) is 1. The maximum atomic E-state index is 11.9. The van der Waals surface area contributed by atoms with Gasteiger partial charge < -0.3 is 5.73 Å². The molecule has 1 rings (SSSR count).